The molecule has 1 aromatic carbocycles. The number of nitrogens with zero attached hydrogens (tertiary/aromatic N) is 2. The summed E-state index contributed by atoms with van der Waals surface area (Å²) in [4.78, 5) is 19.3. The van der Waals surface area contributed by atoms with E-state index in [2.05, 4.69) is 30.5 Å². The van der Waals surface area contributed by atoms with Crippen LogP contribution in [0.4, 0.5) is 0 Å². The monoisotopic (exact) mass is 286 g/mol. The lowest BCUT2D eigenvalue weighted by atomic mass is 9.93. The molecule has 0 N–H and O–H groups in total. The molecule has 2 unspecified atom stereocenters. The second-order valence-corrected chi connectivity index (χ2v) is 5.52. The summed E-state index contributed by atoms with van der Waals surface area (Å²) < 4.78 is 0. The Balaban J connectivity index is 1.98. The molecule has 1 heterocycles. The SMILES string of the molecule is C=CCN1CC(C)C(=NOC(=O)c2ccccc2)CC1C. The molecule has 2 rings (SSSR count). The number of piperidine rings is 1. The Kier molecular flexibility index (Phi) is 5.28. The largest absolute Gasteiger partial charge is 0.365 e. The van der Waals surface area contributed by atoms with Crippen LogP contribution in [0.25, 0.3) is 0 Å². The predicted molar refractivity (Wildman–Crippen MR) is 84.3 cm³/mol. The summed E-state index contributed by atoms with van der Waals surface area (Å²) in [6.07, 6.45) is 2.73. The van der Waals surface area contributed by atoms with E-state index in [0.717, 1.165) is 25.2 Å². The van der Waals surface area contributed by atoms with Gasteiger partial charge in [-0.2, -0.15) is 0 Å². The van der Waals surface area contributed by atoms with Gasteiger partial charge in [0.15, 0.2) is 0 Å². The summed E-state index contributed by atoms with van der Waals surface area (Å²) in [5.74, 6) is -0.124. The molecule has 0 amide bonds. The third kappa shape index (κ3) is 4.02. The van der Waals surface area contributed by atoms with Crippen molar-refractivity contribution < 1.29 is 9.63 Å². The molecule has 1 aromatic rings. The quantitative estimate of drug-likeness (QED) is 0.485. The number of hydrogen-bond donors (Lipinski definition) is 0. The minimum atomic E-state index is -0.406. The van der Waals surface area contributed by atoms with Gasteiger partial charge in [-0.1, -0.05) is 36.4 Å². The van der Waals surface area contributed by atoms with E-state index in [0.29, 0.717) is 11.6 Å². The van der Waals surface area contributed by atoms with Crippen LogP contribution in [-0.4, -0.2) is 35.7 Å². The van der Waals surface area contributed by atoms with Crippen molar-refractivity contribution >= 4 is 11.7 Å². The van der Waals surface area contributed by atoms with Gasteiger partial charge < -0.3 is 4.84 Å². The first-order valence-electron chi connectivity index (χ1n) is 7.30. The van der Waals surface area contributed by atoms with Crippen molar-refractivity contribution in [1.82, 2.24) is 4.90 Å². The van der Waals surface area contributed by atoms with Gasteiger partial charge >= 0.3 is 5.97 Å². The Bertz CT molecular complexity index is 525. The van der Waals surface area contributed by atoms with Gasteiger partial charge in [-0.15, -0.1) is 6.58 Å². The molecule has 112 valence electrons. The lowest BCUT2D eigenvalue weighted by Crippen LogP contribution is -2.45. The fraction of sp³-hybridized carbons (Fsp3) is 0.412. The van der Waals surface area contributed by atoms with Crippen molar-refractivity contribution in [2.24, 2.45) is 11.1 Å². The number of likely N-dealkylation sites (tertiary alicyclic amines) is 1. The first-order chi connectivity index (χ1) is 10.1. The van der Waals surface area contributed by atoms with Crippen LogP contribution in [0.15, 0.2) is 48.1 Å². The molecule has 1 aliphatic rings. The van der Waals surface area contributed by atoms with Crippen LogP contribution in [-0.2, 0) is 4.84 Å². The van der Waals surface area contributed by atoms with Crippen molar-refractivity contribution in [3.8, 4) is 0 Å². The molecule has 0 radical (unpaired) electrons. The smallest absolute Gasteiger partial charge is 0.313 e. The van der Waals surface area contributed by atoms with Crippen molar-refractivity contribution in [2.45, 2.75) is 26.3 Å². The van der Waals surface area contributed by atoms with E-state index < -0.39 is 5.97 Å². The maximum atomic E-state index is 11.9. The molecule has 0 spiro atoms. The first-order valence-corrected chi connectivity index (χ1v) is 7.30. The number of oxime groups is 1. The second-order valence-electron chi connectivity index (χ2n) is 5.52. The average Bonchev–Trinajstić information content (AvgIpc) is 2.50. The molecule has 0 saturated carbocycles. The molecule has 4 nitrogen and oxygen atoms in total. The van der Waals surface area contributed by atoms with E-state index in [4.69, 9.17) is 4.84 Å². The lowest BCUT2D eigenvalue weighted by Gasteiger charge is -2.36. The van der Waals surface area contributed by atoms with E-state index >= 15 is 0 Å². The second kappa shape index (κ2) is 7.18. The van der Waals surface area contributed by atoms with Crippen molar-refractivity contribution in [2.75, 3.05) is 13.1 Å². The highest BCUT2D eigenvalue weighted by atomic mass is 16.7. The minimum absolute atomic E-state index is 0.282. The molecule has 21 heavy (non-hydrogen) atoms. The molecule has 0 aromatic heterocycles. The Morgan fingerprint density at radius 3 is 2.81 bits per heavy atom. The standard InChI is InChI=1S/C17H22N2O2/c1-4-10-19-12-13(2)16(11-14(19)3)18-21-17(20)15-8-6-5-7-9-15/h4-9,13-14H,1,10-12H2,2-3H3. The zero-order valence-electron chi connectivity index (χ0n) is 12.7. The van der Waals surface area contributed by atoms with Crippen LogP contribution < -0.4 is 0 Å². The summed E-state index contributed by atoms with van der Waals surface area (Å²) in [7, 11) is 0. The Labute approximate surface area is 126 Å². The van der Waals surface area contributed by atoms with E-state index in [1.165, 1.54) is 0 Å². The maximum Gasteiger partial charge on any atom is 0.365 e. The topological polar surface area (TPSA) is 41.9 Å². The molecular formula is C17H22N2O2. The van der Waals surface area contributed by atoms with Gasteiger partial charge in [-0.3, -0.25) is 4.90 Å². The van der Waals surface area contributed by atoms with Gasteiger partial charge in [-0.05, 0) is 19.1 Å². The highest BCUT2D eigenvalue weighted by molar-refractivity contribution is 5.91. The summed E-state index contributed by atoms with van der Waals surface area (Å²) in [6, 6.07) is 9.31. The van der Waals surface area contributed by atoms with Crippen LogP contribution in [0.3, 0.4) is 0 Å². The number of rotatable bonds is 4. The molecule has 1 fully saturated rings. The Morgan fingerprint density at radius 1 is 1.43 bits per heavy atom. The normalized spacial score (nSPS) is 24.8. The summed E-state index contributed by atoms with van der Waals surface area (Å²) >= 11 is 0. The van der Waals surface area contributed by atoms with Crippen LogP contribution in [0.1, 0.15) is 30.6 Å². The number of benzene rings is 1. The third-order valence-corrected chi connectivity index (χ3v) is 3.82. The van der Waals surface area contributed by atoms with Gasteiger partial charge in [0.05, 0.1) is 11.3 Å². The zero-order valence-corrected chi connectivity index (χ0v) is 12.7. The summed E-state index contributed by atoms with van der Waals surface area (Å²) in [5, 5.41) is 4.10. The van der Waals surface area contributed by atoms with Crippen molar-refractivity contribution in [1.29, 1.82) is 0 Å². The van der Waals surface area contributed by atoms with Gasteiger partial charge in [0, 0.05) is 31.5 Å². The highest BCUT2D eigenvalue weighted by Gasteiger charge is 2.27. The van der Waals surface area contributed by atoms with Crippen molar-refractivity contribution in [3.05, 3.63) is 48.6 Å². The lowest BCUT2D eigenvalue weighted by molar-refractivity contribution is 0.0508. The summed E-state index contributed by atoms with van der Waals surface area (Å²) in [5.41, 5.74) is 1.47. The van der Waals surface area contributed by atoms with Crippen LogP contribution >= 0.6 is 0 Å². The van der Waals surface area contributed by atoms with Gasteiger partial charge in [0.25, 0.3) is 0 Å². The molecular weight excluding hydrogens is 264 g/mol. The molecule has 1 aliphatic heterocycles. The predicted octanol–water partition coefficient (Wildman–Crippen LogP) is 3.12. The highest BCUT2D eigenvalue weighted by Crippen LogP contribution is 2.20. The fourth-order valence-electron chi connectivity index (χ4n) is 2.54. The van der Waals surface area contributed by atoms with Gasteiger partial charge in [0.1, 0.15) is 0 Å². The summed E-state index contributed by atoms with van der Waals surface area (Å²) in [6.45, 7) is 9.84. The zero-order chi connectivity index (χ0) is 15.2. The minimum Gasteiger partial charge on any atom is -0.313 e. The molecule has 2 atom stereocenters. The number of carbonyl (C=O) groups excluding carboxylic acids is 1. The molecule has 1 saturated heterocycles. The van der Waals surface area contributed by atoms with E-state index in [-0.39, 0.29) is 5.92 Å². The average molecular weight is 286 g/mol. The van der Waals surface area contributed by atoms with Crippen LogP contribution in [0.2, 0.25) is 0 Å². The number of hydrogen-bond acceptors (Lipinski definition) is 4. The molecule has 0 aliphatic carbocycles. The molecule has 0 bridgehead atoms. The van der Waals surface area contributed by atoms with Crippen molar-refractivity contribution in [3.63, 3.8) is 0 Å². The van der Waals surface area contributed by atoms with E-state index in [1.54, 1.807) is 12.1 Å². The number of carbonyl (C=O) groups is 1. The first kappa shape index (κ1) is 15.4. The maximum absolute atomic E-state index is 11.9. The Hall–Kier alpha value is -1.94. The van der Waals surface area contributed by atoms with Gasteiger partial charge in [-0.25, -0.2) is 4.79 Å². The fourth-order valence-corrected chi connectivity index (χ4v) is 2.54. The van der Waals surface area contributed by atoms with E-state index in [9.17, 15) is 4.79 Å². The van der Waals surface area contributed by atoms with Crippen LogP contribution in [0, 0.1) is 5.92 Å². The molecule has 4 heteroatoms. The van der Waals surface area contributed by atoms with Gasteiger partial charge in [0.2, 0.25) is 0 Å². The Morgan fingerprint density at radius 2 is 2.14 bits per heavy atom. The third-order valence-electron chi connectivity index (χ3n) is 3.82. The van der Waals surface area contributed by atoms with Crippen LogP contribution in [0.5, 0.6) is 0 Å². The van der Waals surface area contributed by atoms with E-state index in [1.807, 2.05) is 24.3 Å².